The molecule has 2 aliphatic rings. The Hall–Kier alpha value is -1.02. The molecule has 0 aliphatic heterocycles. The third kappa shape index (κ3) is 3.03. The summed E-state index contributed by atoms with van der Waals surface area (Å²) in [5, 5.41) is 0. The van der Waals surface area contributed by atoms with Crippen molar-refractivity contribution in [2.24, 2.45) is 11.7 Å². The summed E-state index contributed by atoms with van der Waals surface area (Å²) in [5.41, 5.74) is 10.4. The molecule has 0 spiro atoms. The quantitative estimate of drug-likeness (QED) is 0.859. The first-order valence-corrected chi connectivity index (χ1v) is 9.09. The van der Waals surface area contributed by atoms with Crippen LogP contribution in [-0.4, -0.2) is 13.2 Å². The average Bonchev–Trinajstić information content (AvgIpc) is 2.48. The monoisotopic (exact) mass is 301 g/mol. The molecular weight excluding hydrogens is 270 g/mol. The first kappa shape index (κ1) is 15.9. The molecule has 0 atom stereocenters. The van der Waals surface area contributed by atoms with Gasteiger partial charge in [0.2, 0.25) is 0 Å². The van der Waals surface area contributed by atoms with Gasteiger partial charge in [0.25, 0.3) is 0 Å². The van der Waals surface area contributed by atoms with Crippen molar-refractivity contribution in [1.29, 1.82) is 0 Å². The molecule has 122 valence electrons. The summed E-state index contributed by atoms with van der Waals surface area (Å²) in [4.78, 5) is 0. The molecule has 3 rings (SSSR count). The third-order valence-electron chi connectivity index (χ3n) is 5.88. The van der Waals surface area contributed by atoms with Gasteiger partial charge in [0.15, 0.2) is 0 Å². The zero-order chi connectivity index (χ0) is 15.6. The standard InChI is InChI=1S/C20H31NO/c1-15-11-16(2)19(22-13-17-7-6-8-17)18(12-15)20(14-21)9-4-3-5-10-20/h11-12,17H,3-10,13-14,21H2,1-2H3. The van der Waals surface area contributed by atoms with Crippen molar-refractivity contribution in [1.82, 2.24) is 0 Å². The minimum absolute atomic E-state index is 0.143. The molecule has 0 saturated heterocycles. The Balaban J connectivity index is 1.92. The van der Waals surface area contributed by atoms with Crippen molar-refractivity contribution < 1.29 is 4.74 Å². The van der Waals surface area contributed by atoms with Gasteiger partial charge >= 0.3 is 0 Å². The maximum Gasteiger partial charge on any atom is 0.126 e. The van der Waals surface area contributed by atoms with Crippen LogP contribution in [0.25, 0.3) is 0 Å². The zero-order valence-corrected chi connectivity index (χ0v) is 14.3. The number of hydrogen-bond acceptors (Lipinski definition) is 2. The summed E-state index contributed by atoms with van der Waals surface area (Å²) in [6.07, 6.45) is 10.4. The van der Waals surface area contributed by atoms with E-state index in [1.165, 1.54) is 68.1 Å². The van der Waals surface area contributed by atoms with Gasteiger partial charge < -0.3 is 10.5 Å². The van der Waals surface area contributed by atoms with Crippen LogP contribution in [0.3, 0.4) is 0 Å². The van der Waals surface area contributed by atoms with E-state index in [2.05, 4.69) is 26.0 Å². The molecule has 0 aromatic heterocycles. The van der Waals surface area contributed by atoms with E-state index in [0.717, 1.165) is 24.8 Å². The smallest absolute Gasteiger partial charge is 0.126 e. The van der Waals surface area contributed by atoms with Crippen molar-refractivity contribution in [3.05, 3.63) is 28.8 Å². The zero-order valence-electron chi connectivity index (χ0n) is 14.3. The lowest BCUT2D eigenvalue weighted by Gasteiger charge is -2.39. The topological polar surface area (TPSA) is 35.2 Å². The molecule has 2 saturated carbocycles. The van der Waals surface area contributed by atoms with Crippen molar-refractivity contribution in [3.8, 4) is 5.75 Å². The maximum atomic E-state index is 6.35. The second-order valence-electron chi connectivity index (χ2n) is 7.61. The molecule has 2 N–H and O–H groups in total. The number of ether oxygens (including phenoxy) is 1. The number of hydrogen-bond donors (Lipinski definition) is 1. The van der Waals surface area contributed by atoms with Gasteiger partial charge in [-0.05, 0) is 51.0 Å². The lowest BCUT2D eigenvalue weighted by Crippen LogP contribution is -2.38. The minimum atomic E-state index is 0.143. The van der Waals surface area contributed by atoms with Crippen molar-refractivity contribution >= 4 is 0 Å². The lowest BCUT2D eigenvalue weighted by atomic mass is 9.68. The number of benzene rings is 1. The highest BCUT2D eigenvalue weighted by Gasteiger charge is 2.36. The van der Waals surface area contributed by atoms with Crippen LogP contribution >= 0.6 is 0 Å². The summed E-state index contributed by atoms with van der Waals surface area (Å²) in [6.45, 7) is 6.02. The summed E-state index contributed by atoms with van der Waals surface area (Å²) < 4.78 is 6.35. The molecule has 0 unspecified atom stereocenters. The first-order chi connectivity index (χ1) is 10.6. The van der Waals surface area contributed by atoms with Crippen LogP contribution in [0, 0.1) is 19.8 Å². The largest absolute Gasteiger partial charge is 0.493 e. The van der Waals surface area contributed by atoms with Crippen molar-refractivity contribution in [2.75, 3.05) is 13.2 Å². The molecule has 0 amide bonds. The van der Waals surface area contributed by atoms with E-state index in [1.807, 2.05) is 0 Å². The fraction of sp³-hybridized carbons (Fsp3) is 0.700. The van der Waals surface area contributed by atoms with Crippen LogP contribution in [0.4, 0.5) is 0 Å². The van der Waals surface area contributed by atoms with E-state index in [1.54, 1.807) is 0 Å². The average molecular weight is 301 g/mol. The Bertz CT molecular complexity index is 513. The molecule has 2 heteroatoms. The molecule has 0 radical (unpaired) electrons. The van der Waals surface area contributed by atoms with Gasteiger partial charge in [-0.3, -0.25) is 0 Å². The molecule has 1 aromatic rings. The predicted octanol–water partition coefficient (Wildman–Crippen LogP) is 4.64. The summed E-state index contributed by atoms with van der Waals surface area (Å²) in [7, 11) is 0. The highest BCUT2D eigenvalue weighted by atomic mass is 16.5. The number of aryl methyl sites for hydroxylation is 2. The Morgan fingerprint density at radius 3 is 2.41 bits per heavy atom. The lowest BCUT2D eigenvalue weighted by molar-refractivity contribution is 0.174. The van der Waals surface area contributed by atoms with Crippen molar-refractivity contribution in [2.45, 2.75) is 70.6 Å². The Kier molecular flexibility index (Phi) is 4.77. The third-order valence-corrected chi connectivity index (χ3v) is 5.88. The van der Waals surface area contributed by atoms with E-state index in [4.69, 9.17) is 10.5 Å². The van der Waals surface area contributed by atoms with Gasteiger partial charge in [0.1, 0.15) is 5.75 Å². The molecule has 2 nitrogen and oxygen atoms in total. The van der Waals surface area contributed by atoms with Gasteiger partial charge in [0.05, 0.1) is 6.61 Å². The number of nitrogens with two attached hydrogens (primary N) is 1. The summed E-state index contributed by atoms with van der Waals surface area (Å²) >= 11 is 0. The summed E-state index contributed by atoms with van der Waals surface area (Å²) in [6, 6.07) is 4.61. The highest BCUT2D eigenvalue weighted by Crippen LogP contribution is 2.44. The maximum absolute atomic E-state index is 6.35. The van der Waals surface area contributed by atoms with E-state index in [9.17, 15) is 0 Å². The predicted molar refractivity (Wildman–Crippen MR) is 92.6 cm³/mol. The van der Waals surface area contributed by atoms with Crippen LogP contribution < -0.4 is 10.5 Å². The van der Waals surface area contributed by atoms with Gasteiger partial charge in [0, 0.05) is 17.5 Å². The molecule has 0 bridgehead atoms. The van der Waals surface area contributed by atoms with Crippen molar-refractivity contribution in [3.63, 3.8) is 0 Å². The van der Waals surface area contributed by atoms with Crippen LogP contribution in [0.15, 0.2) is 12.1 Å². The Morgan fingerprint density at radius 1 is 1.09 bits per heavy atom. The van der Waals surface area contributed by atoms with Crippen LogP contribution in [0.2, 0.25) is 0 Å². The highest BCUT2D eigenvalue weighted by molar-refractivity contribution is 5.48. The minimum Gasteiger partial charge on any atom is -0.493 e. The van der Waals surface area contributed by atoms with E-state index >= 15 is 0 Å². The van der Waals surface area contributed by atoms with Crippen LogP contribution in [-0.2, 0) is 5.41 Å². The SMILES string of the molecule is Cc1cc(C)c(OCC2CCC2)c(C2(CN)CCCCC2)c1. The second-order valence-corrected chi connectivity index (χ2v) is 7.61. The Labute approximate surface area is 135 Å². The van der Waals surface area contributed by atoms with E-state index in [0.29, 0.717) is 0 Å². The second kappa shape index (κ2) is 6.62. The molecule has 2 aliphatic carbocycles. The normalized spacial score (nSPS) is 21.4. The first-order valence-electron chi connectivity index (χ1n) is 9.09. The molecular formula is C20H31NO. The van der Waals surface area contributed by atoms with Crippen LogP contribution in [0.1, 0.15) is 68.1 Å². The Morgan fingerprint density at radius 2 is 1.82 bits per heavy atom. The summed E-state index contributed by atoms with van der Waals surface area (Å²) in [5.74, 6) is 1.92. The van der Waals surface area contributed by atoms with Gasteiger partial charge in [-0.25, -0.2) is 0 Å². The van der Waals surface area contributed by atoms with Gasteiger partial charge in [-0.15, -0.1) is 0 Å². The number of rotatable bonds is 5. The van der Waals surface area contributed by atoms with E-state index < -0.39 is 0 Å². The fourth-order valence-electron chi connectivity index (χ4n) is 4.21. The molecule has 1 aromatic carbocycles. The fourth-order valence-corrected chi connectivity index (χ4v) is 4.21. The molecule has 22 heavy (non-hydrogen) atoms. The van der Waals surface area contributed by atoms with Gasteiger partial charge in [-0.2, -0.15) is 0 Å². The van der Waals surface area contributed by atoms with Crippen LogP contribution in [0.5, 0.6) is 5.75 Å². The molecule has 2 fully saturated rings. The van der Waals surface area contributed by atoms with Gasteiger partial charge in [-0.1, -0.05) is 43.4 Å². The van der Waals surface area contributed by atoms with E-state index in [-0.39, 0.29) is 5.41 Å². The molecule has 0 heterocycles.